The second-order valence-electron chi connectivity index (χ2n) is 9.10. The molecule has 2 heterocycles. The number of carbonyl (C=O) groups excluding carboxylic acids is 1. The van der Waals surface area contributed by atoms with Crippen LogP contribution in [-0.4, -0.2) is 60.0 Å². The van der Waals surface area contributed by atoms with Gasteiger partial charge in [0.2, 0.25) is 5.91 Å². The number of amides is 1. The lowest BCUT2D eigenvalue weighted by atomic mass is 9.92. The van der Waals surface area contributed by atoms with E-state index in [1.807, 2.05) is 0 Å². The van der Waals surface area contributed by atoms with Gasteiger partial charge in [-0.3, -0.25) is 14.6 Å². The van der Waals surface area contributed by atoms with Crippen LogP contribution in [0.5, 0.6) is 0 Å². The summed E-state index contributed by atoms with van der Waals surface area (Å²) >= 11 is 0. The van der Waals surface area contributed by atoms with E-state index >= 15 is 0 Å². The molecular formula is C23H35N3O. The number of piperidine rings is 2. The SMILES string of the molecule is CC(C)NC(=O)[C@H]1CCCN(C2CCN(C3Cc4ccccc4C3)CC2)C1. The van der Waals surface area contributed by atoms with Gasteiger partial charge in [-0.25, -0.2) is 0 Å². The summed E-state index contributed by atoms with van der Waals surface area (Å²) in [5.74, 6) is 0.444. The molecule has 0 radical (unpaired) electrons. The molecule has 27 heavy (non-hydrogen) atoms. The van der Waals surface area contributed by atoms with Crippen LogP contribution in [0.15, 0.2) is 24.3 Å². The van der Waals surface area contributed by atoms with Crippen molar-refractivity contribution in [3.05, 3.63) is 35.4 Å². The lowest BCUT2D eigenvalue weighted by Crippen LogP contribution is -2.52. The molecule has 1 aliphatic carbocycles. The monoisotopic (exact) mass is 369 g/mol. The average molecular weight is 370 g/mol. The molecule has 148 valence electrons. The highest BCUT2D eigenvalue weighted by Crippen LogP contribution is 2.29. The Labute approximate surface area is 164 Å². The number of nitrogens with zero attached hydrogens (tertiary/aromatic N) is 2. The fraction of sp³-hybridized carbons (Fsp3) is 0.696. The minimum atomic E-state index is 0.184. The summed E-state index contributed by atoms with van der Waals surface area (Å²) < 4.78 is 0. The zero-order chi connectivity index (χ0) is 18.8. The van der Waals surface area contributed by atoms with E-state index in [0.29, 0.717) is 12.1 Å². The van der Waals surface area contributed by atoms with Crippen LogP contribution >= 0.6 is 0 Å². The highest BCUT2D eigenvalue weighted by Gasteiger charge is 2.34. The number of hydrogen-bond donors (Lipinski definition) is 1. The van der Waals surface area contributed by atoms with E-state index in [-0.39, 0.29) is 17.9 Å². The van der Waals surface area contributed by atoms with Crippen molar-refractivity contribution in [1.29, 1.82) is 0 Å². The third-order valence-electron chi connectivity index (χ3n) is 6.82. The number of hydrogen-bond acceptors (Lipinski definition) is 3. The molecule has 2 fully saturated rings. The first-order valence-corrected chi connectivity index (χ1v) is 11.0. The Kier molecular flexibility index (Phi) is 5.84. The molecule has 1 aromatic rings. The predicted octanol–water partition coefficient (Wildman–Crippen LogP) is 2.85. The number of nitrogens with one attached hydrogen (secondary N) is 1. The van der Waals surface area contributed by atoms with Gasteiger partial charge in [-0.1, -0.05) is 24.3 Å². The molecule has 0 unspecified atom stereocenters. The van der Waals surface area contributed by atoms with E-state index in [1.54, 1.807) is 11.1 Å². The zero-order valence-electron chi connectivity index (χ0n) is 17.0. The summed E-state index contributed by atoms with van der Waals surface area (Å²) in [6.45, 7) is 8.65. The van der Waals surface area contributed by atoms with Crippen LogP contribution < -0.4 is 5.32 Å². The van der Waals surface area contributed by atoms with Gasteiger partial charge in [-0.05, 0) is 83.1 Å². The second kappa shape index (κ2) is 8.32. The molecular weight excluding hydrogens is 334 g/mol. The fourth-order valence-electron chi connectivity index (χ4n) is 5.36. The summed E-state index contributed by atoms with van der Waals surface area (Å²) in [5.41, 5.74) is 3.11. The molecule has 1 atom stereocenters. The average Bonchev–Trinajstić information content (AvgIpc) is 3.12. The van der Waals surface area contributed by atoms with Crippen molar-refractivity contribution in [2.75, 3.05) is 26.2 Å². The summed E-state index contributed by atoms with van der Waals surface area (Å²) in [5, 5.41) is 3.11. The molecule has 4 heteroatoms. The minimum absolute atomic E-state index is 0.184. The molecule has 2 aliphatic heterocycles. The predicted molar refractivity (Wildman–Crippen MR) is 110 cm³/mol. The van der Waals surface area contributed by atoms with Crippen molar-refractivity contribution >= 4 is 5.91 Å². The molecule has 2 saturated heterocycles. The van der Waals surface area contributed by atoms with E-state index in [0.717, 1.165) is 19.4 Å². The summed E-state index contributed by atoms with van der Waals surface area (Å²) in [4.78, 5) is 17.8. The first kappa shape index (κ1) is 18.9. The quantitative estimate of drug-likeness (QED) is 0.886. The maximum Gasteiger partial charge on any atom is 0.224 e. The molecule has 0 spiro atoms. The van der Waals surface area contributed by atoms with Crippen LogP contribution in [-0.2, 0) is 17.6 Å². The molecule has 0 saturated carbocycles. The van der Waals surface area contributed by atoms with Crippen LogP contribution in [0, 0.1) is 5.92 Å². The Hall–Kier alpha value is -1.39. The summed E-state index contributed by atoms with van der Waals surface area (Å²) in [7, 11) is 0. The largest absolute Gasteiger partial charge is 0.354 e. The highest BCUT2D eigenvalue weighted by molar-refractivity contribution is 5.79. The molecule has 0 bridgehead atoms. The molecule has 0 aromatic heterocycles. The van der Waals surface area contributed by atoms with Gasteiger partial charge in [0.1, 0.15) is 0 Å². The Morgan fingerprint density at radius 2 is 1.63 bits per heavy atom. The van der Waals surface area contributed by atoms with Crippen molar-refractivity contribution < 1.29 is 4.79 Å². The standard InChI is InChI=1S/C23H35N3O/c1-17(2)24-23(27)20-8-5-11-26(16-20)21-9-12-25(13-10-21)22-14-18-6-3-4-7-19(18)15-22/h3-4,6-7,17,20-22H,5,8-16H2,1-2H3,(H,24,27)/t20-/m0/s1. The van der Waals surface area contributed by atoms with Crippen molar-refractivity contribution in [3.63, 3.8) is 0 Å². The van der Waals surface area contributed by atoms with Gasteiger partial charge >= 0.3 is 0 Å². The Bertz CT molecular complexity index is 626. The van der Waals surface area contributed by atoms with Crippen molar-refractivity contribution in [1.82, 2.24) is 15.1 Å². The molecule has 4 nitrogen and oxygen atoms in total. The number of carbonyl (C=O) groups is 1. The van der Waals surface area contributed by atoms with E-state index in [4.69, 9.17) is 0 Å². The number of rotatable bonds is 4. The molecule has 1 aromatic carbocycles. The van der Waals surface area contributed by atoms with Gasteiger partial charge in [0, 0.05) is 24.7 Å². The first-order valence-electron chi connectivity index (χ1n) is 11.0. The van der Waals surface area contributed by atoms with E-state index in [9.17, 15) is 4.79 Å². The second-order valence-corrected chi connectivity index (χ2v) is 9.10. The summed E-state index contributed by atoms with van der Waals surface area (Å²) in [6.07, 6.45) is 7.17. The van der Waals surface area contributed by atoms with E-state index < -0.39 is 0 Å². The van der Waals surface area contributed by atoms with Crippen molar-refractivity contribution in [3.8, 4) is 0 Å². The van der Waals surface area contributed by atoms with E-state index in [2.05, 4.69) is 53.2 Å². The zero-order valence-corrected chi connectivity index (χ0v) is 17.0. The fourth-order valence-corrected chi connectivity index (χ4v) is 5.36. The van der Waals surface area contributed by atoms with Crippen LogP contribution in [0.3, 0.4) is 0 Å². The van der Waals surface area contributed by atoms with Gasteiger partial charge in [0.25, 0.3) is 0 Å². The van der Waals surface area contributed by atoms with Gasteiger partial charge < -0.3 is 5.32 Å². The van der Waals surface area contributed by atoms with Crippen LogP contribution in [0.1, 0.15) is 50.7 Å². The molecule has 1 amide bonds. The Morgan fingerprint density at radius 3 is 2.26 bits per heavy atom. The van der Waals surface area contributed by atoms with Crippen LogP contribution in [0.4, 0.5) is 0 Å². The maximum absolute atomic E-state index is 12.4. The molecule has 3 aliphatic rings. The van der Waals surface area contributed by atoms with Gasteiger partial charge in [-0.2, -0.15) is 0 Å². The lowest BCUT2D eigenvalue weighted by molar-refractivity contribution is -0.127. The smallest absolute Gasteiger partial charge is 0.224 e. The maximum atomic E-state index is 12.4. The lowest BCUT2D eigenvalue weighted by Gasteiger charge is -2.43. The van der Waals surface area contributed by atoms with Gasteiger partial charge in [0.15, 0.2) is 0 Å². The van der Waals surface area contributed by atoms with Gasteiger partial charge in [-0.15, -0.1) is 0 Å². The van der Waals surface area contributed by atoms with Crippen LogP contribution in [0.2, 0.25) is 0 Å². The molecule has 4 rings (SSSR count). The number of fused-ring (bicyclic) bond motifs is 1. The Morgan fingerprint density at radius 1 is 0.963 bits per heavy atom. The van der Waals surface area contributed by atoms with E-state index in [1.165, 1.54) is 45.3 Å². The van der Waals surface area contributed by atoms with Gasteiger partial charge in [0.05, 0.1) is 5.92 Å². The normalized spacial score (nSPS) is 25.7. The highest BCUT2D eigenvalue weighted by atomic mass is 16.2. The number of likely N-dealkylation sites (tertiary alicyclic amines) is 2. The first-order chi connectivity index (χ1) is 13.1. The minimum Gasteiger partial charge on any atom is -0.354 e. The summed E-state index contributed by atoms with van der Waals surface area (Å²) in [6, 6.07) is 10.6. The third kappa shape index (κ3) is 4.38. The Balaban J connectivity index is 1.27. The topological polar surface area (TPSA) is 35.6 Å². The molecule has 1 N–H and O–H groups in total. The number of benzene rings is 1. The van der Waals surface area contributed by atoms with Crippen molar-refractivity contribution in [2.45, 2.75) is 70.5 Å². The third-order valence-corrected chi connectivity index (χ3v) is 6.82. The van der Waals surface area contributed by atoms with Crippen LogP contribution in [0.25, 0.3) is 0 Å². The van der Waals surface area contributed by atoms with Crippen molar-refractivity contribution in [2.24, 2.45) is 5.92 Å².